The number of nitrogens with one attached hydrogen (secondary N) is 1. The standard InChI is InChI=1S/C26H24F3N3O/c1-15-9-16(2)24(17(3)10-15)31-25(33)21(14-30)12-20-11-18(4)32(19(20)5)23-8-6-7-22(13-23)26(27,28)29/h6-13H,1-5H3,(H,31,33)/b21-12+. The number of carbonyl (C=O) groups is 1. The number of benzene rings is 2. The summed E-state index contributed by atoms with van der Waals surface area (Å²) >= 11 is 0. The average Bonchev–Trinajstić information content (AvgIpc) is 3.01. The van der Waals surface area contributed by atoms with Crippen LogP contribution in [0.15, 0.2) is 48.0 Å². The Kier molecular flexibility index (Phi) is 6.50. The van der Waals surface area contributed by atoms with Crippen LogP contribution >= 0.6 is 0 Å². The summed E-state index contributed by atoms with van der Waals surface area (Å²) in [4.78, 5) is 12.8. The maximum Gasteiger partial charge on any atom is 0.416 e. The van der Waals surface area contributed by atoms with E-state index in [-0.39, 0.29) is 5.57 Å². The van der Waals surface area contributed by atoms with E-state index in [1.54, 1.807) is 30.5 Å². The van der Waals surface area contributed by atoms with Gasteiger partial charge in [-0.3, -0.25) is 4.79 Å². The Morgan fingerprint density at radius 3 is 2.24 bits per heavy atom. The molecule has 3 aromatic rings. The third-order valence-corrected chi connectivity index (χ3v) is 5.48. The third kappa shape index (κ3) is 5.01. The second kappa shape index (κ2) is 8.99. The van der Waals surface area contributed by atoms with Gasteiger partial charge in [0.1, 0.15) is 11.6 Å². The normalized spacial score (nSPS) is 11.9. The van der Waals surface area contributed by atoms with Gasteiger partial charge in [0.15, 0.2) is 0 Å². The lowest BCUT2D eigenvalue weighted by atomic mass is 10.0. The molecule has 0 unspecified atom stereocenters. The van der Waals surface area contributed by atoms with Crippen molar-refractivity contribution < 1.29 is 18.0 Å². The largest absolute Gasteiger partial charge is 0.416 e. The van der Waals surface area contributed by atoms with E-state index in [4.69, 9.17) is 0 Å². The number of hydrogen-bond donors (Lipinski definition) is 1. The third-order valence-electron chi connectivity index (χ3n) is 5.48. The molecule has 1 amide bonds. The van der Waals surface area contributed by atoms with Crippen molar-refractivity contribution in [2.75, 3.05) is 5.32 Å². The van der Waals surface area contributed by atoms with Crippen LogP contribution in [0.25, 0.3) is 11.8 Å². The zero-order valence-corrected chi connectivity index (χ0v) is 19.1. The lowest BCUT2D eigenvalue weighted by molar-refractivity contribution is -0.137. The van der Waals surface area contributed by atoms with Crippen molar-refractivity contribution in [1.29, 1.82) is 5.26 Å². The maximum atomic E-state index is 13.2. The highest BCUT2D eigenvalue weighted by molar-refractivity contribution is 6.10. The summed E-state index contributed by atoms with van der Waals surface area (Å²) in [6.07, 6.45) is -2.99. The number of nitriles is 1. The molecule has 3 rings (SSSR count). The predicted octanol–water partition coefficient (Wildman–Crippen LogP) is 6.58. The van der Waals surface area contributed by atoms with Gasteiger partial charge in [0, 0.05) is 22.8 Å². The Hall–Kier alpha value is -3.79. The van der Waals surface area contributed by atoms with Crippen molar-refractivity contribution in [1.82, 2.24) is 4.57 Å². The van der Waals surface area contributed by atoms with Crippen LogP contribution in [0, 0.1) is 45.9 Å². The Morgan fingerprint density at radius 2 is 1.67 bits per heavy atom. The molecule has 33 heavy (non-hydrogen) atoms. The Balaban J connectivity index is 1.98. The molecule has 170 valence electrons. The van der Waals surface area contributed by atoms with Gasteiger partial charge in [0.05, 0.1) is 5.56 Å². The molecule has 0 bridgehead atoms. The minimum atomic E-state index is -4.45. The number of halogens is 3. The molecule has 0 aliphatic heterocycles. The lowest BCUT2D eigenvalue weighted by Gasteiger charge is -2.13. The molecular weight excluding hydrogens is 427 g/mol. The number of amides is 1. The van der Waals surface area contributed by atoms with E-state index in [0.717, 1.165) is 28.8 Å². The fourth-order valence-electron chi connectivity index (χ4n) is 4.01. The fourth-order valence-corrected chi connectivity index (χ4v) is 4.01. The van der Waals surface area contributed by atoms with Crippen molar-refractivity contribution in [3.05, 3.63) is 87.2 Å². The highest BCUT2D eigenvalue weighted by atomic mass is 19.4. The molecule has 7 heteroatoms. The topological polar surface area (TPSA) is 57.8 Å². The Morgan fingerprint density at radius 1 is 1.03 bits per heavy atom. The van der Waals surface area contributed by atoms with Gasteiger partial charge in [0.25, 0.3) is 5.91 Å². The van der Waals surface area contributed by atoms with Crippen molar-refractivity contribution in [2.24, 2.45) is 0 Å². The van der Waals surface area contributed by atoms with E-state index in [0.29, 0.717) is 28.3 Å². The van der Waals surface area contributed by atoms with E-state index in [2.05, 4.69) is 5.32 Å². The summed E-state index contributed by atoms with van der Waals surface area (Å²) < 4.78 is 41.1. The molecule has 0 aliphatic carbocycles. The first-order chi connectivity index (χ1) is 15.4. The van der Waals surface area contributed by atoms with Gasteiger partial charge in [0.2, 0.25) is 0 Å². The van der Waals surface area contributed by atoms with E-state index < -0.39 is 17.6 Å². The molecule has 0 radical (unpaired) electrons. The second-order valence-corrected chi connectivity index (χ2v) is 8.11. The minimum Gasteiger partial charge on any atom is -0.321 e. The smallest absolute Gasteiger partial charge is 0.321 e. The molecule has 0 fully saturated rings. The summed E-state index contributed by atoms with van der Waals surface area (Å²) in [5, 5.41) is 12.4. The van der Waals surface area contributed by atoms with Gasteiger partial charge >= 0.3 is 6.18 Å². The summed E-state index contributed by atoms with van der Waals surface area (Å²) in [6, 6.07) is 12.6. The first kappa shape index (κ1) is 23.9. The van der Waals surface area contributed by atoms with Gasteiger partial charge in [-0.15, -0.1) is 0 Å². The molecular formula is C26H24F3N3O. The number of anilines is 1. The maximum absolute atomic E-state index is 13.2. The number of alkyl halides is 3. The van der Waals surface area contributed by atoms with Crippen LogP contribution in [0.2, 0.25) is 0 Å². The van der Waals surface area contributed by atoms with Crippen LogP contribution in [-0.4, -0.2) is 10.5 Å². The van der Waals surface area contributed by atoms with Crippen molar-refractivity contribution in [2.45, 2.75) is 40.8 Å². The van der Waals surface area contributed by atoms with E-state index in [1.165, 1.54) is 12.1 Å². The van der Waals surface area contributed by atoms with E-state index in [9.17, 15) is 23.2 Å². The number of aromatic nitrogens is 1. The molecule has 4 nitrogen and oxygen atoms in total. The van der Waals surface area contributed by atoms with Crippen molar-refractivity contribution >= 4 is 17.7 Å². The molecule has 0 aliphatic rings. The SMILES string of the molecule is Cc1cc(C)c(NC(=O)/C(C#N)=C/c2cc(C)n(-c3cccc(C(F)(F)F)c3)c2C)c(C)c1. The Labute approximate surface area is 191 Å². The monoisotopic (exact) mass is 451 g/mol. The first-order valence-corrected chi connectivity index (χ1v) is 10.3. The van der Waals surface area contributed by atoms with Gasteiger partial charge in [-0.05, 0) is 81.7 Å². The van der Waals surface area contributed by atoms with Crippen LogP contribution in [0.5, 0.6) is 0 Å². The minimum absolute atomic E-state index is 0.0985. The molecule has 0 saturated heterocycles. The van der Waals surface area contributed by atoms with Crippen molar-refractivity contribution in [3.63, 3.8) is 0 Å². The van der Waals surface area contributed by atoms with E-state index >= 15 is 0 Å². The number of hydrogen-bond acceptors (Lipinski definition) is 2. The first-order valence-electron chi connectivity index (χ1n) is 10.3. The van der Waals surface area contributed by atoms with Crippen molar-refractivity contribution in [3.8, 4) is 11.8 Å². The van der Waals surface area contributed by atoms with Crippen LogP contribution in [0.1, 0.15) is 39.2 Å². The molecule has 1 N–H and O–H groups in total. The van der Waals surface area contributed by atoms with Crippen LogP contribution in [-0.2, 0) is 11.0 Å². The van der Waals surface area contributed by atoms with Crippen LogP contribution in [0.4, 0.5) is 18.9 Å². The zero-order chi connectivity index (χ0) is 24.5. The number of carbonyl (C=O) groups excluding carboxylic acids is 1. The second-order valence-electron chi connectivity index (χ2n) is 8.11. The molecule has 0 saturated carbocycles. The van der Waals surface area contributed by atoms with Gasteiger partial charge in [-0.25, -0.2) is 0 Å². The quantitative estimate of drug-likeness (QED) is 0.360. The van der Waals surface area contributed by atoms with Crippen LogP contribution in [0.3, 0.4) is 0 Å². The van der Waals surface area contributed by atoms with Crippen LogP contribution < -0.4 is 5.32 Å². The number of rotatable bonds is 4. The molecule has 1 heterocycles. The molecule has 2 aromatic carbocycles. The fraction of sp³-hybridized carbons (Fsp3) is 0.231. The highest BCUT2D eigenvalue weighted by Crippen LogP contribution is 2.32. The molecule has 0 spiro atoms. The summed E-state index contributed by atoms with van der Waals surface area (Å²) in [7, 11) is 0. The van der Waals surface area contributed by atoms with Gasteiger partial charge in [-0.2, -0.15) is 18.4 Å². The predicted molar refractivity (Wildman–Crippen MR) is 123 cm³/mol. The van der Waals surface area contributed by atoms with Gasteiger partial charge < -0.3 is 9.88 Å². The summed E-state index contributed by atoms with van der Waals surface area (Å²) in [5.74, 6) is -0.545. The lowest BCUT2D eigenvalue weighted by Crippen LogP contribution is -2.15. The number of nitrogens with zero attached hydrogens (tertiary/aromatic N) is 2. The van der Waals surface area contributed by atoms with Gasteiger partial charge in [-0.1, -0.05) is 23.8 Å². The summed E-state index contributed by atoms with van der Waals surface area (Å²) in [5.41, 5.74) is 4.89. The number of aryl methyl sites for hydroxylation is 4. The average molecular weight is 451 g/mol. The molecule has 0 atom stereocenters. The zero-order valence-electron chi connectivity index (χ0n) is 19.1. The Bertz CT molecular complexity index is 1280. The molecule has 1 aromatic heterocycles. The summed E-state index contributed by atoms with van der Waals surface area (Å²) in [6.45, 7) is 9.23. The highest BCUT2D eigenvalue weighted by Gasteiger charge is 2.30. The van der Waals surface area contributed by atoms with E-state index in [1.807, 2.05) is 39.0 Å².